The van der Waals surface area contributed by atoms with Crippen LogP contribution in [0.3, 0.4) is 0 Å². The lowest BCUT2D eigenvalue weighted by Crippen LogP contribution is -2.40. The molecule has 1 atom stereocenters. The van der Waals surface area contributed by atoms with Crippen LogP contribution in [0, 0.1) is 0 Å². The average Bonchev–Trinajstić information content (AvgIpc) is 2.84. The van der Waals surface area contributed by atoms with Gasteiger partial charge in [0.1, 0.15) is 0 Å². The van der Waals surface area contributed by atoms with Gasteiger partial charge in [-0.2, -0.15) is 0 Å². The molecule has 22 heavy (non-hydrogen) atoms. The van der Waals surface area contributed by atoms with Gasteiger partial charge in [-0.3, -0.25) is 4.79 Å². The Kier molecular flexibility index (Phi) is 4.81. The van der Waals surface area contributed by atoms with Gasteiger partial charge in [0.2, 0.25) is 5.91 Å². The van der Waals surface area contributed by atoms with E-state index in [0.29, 0.717) is 12.6 Å². The van der Waals surface area contributed by atoms with Crippen molar-refractivity contribution in [3.8, 4) is 0 Å². The van der Waals surface area contributed by atoms with E-state index in [9.17, 15) is 4.79 Å². The van der Waals surface area contributed by atoms with E-state index in [2.05, 4.69) is 47.5 Å². The number of fused-ring (bicyclic) bond motifs is 1. The monoisotopic (exact) mass is 298 g/mol. The van der Waals surface area contributed by atoms with Crippen LogP contribution in [0.2, 0.25) is 0 Å². The van der Waals surface area contributed by atoms with E-state index in [1.807, 2.05) is 0 Å². The summed E-state index contributed by atoms with van der Waals surface area (Å²) in [7, 11) is 0. The number of carbonyl (C=O) groups is 1. The number of nitrogens with zero attached hydrogens (tertiary/aromatic N) is 1. The van der Waals surface area contributed by atoms with Crippen LogP contribution >= 0.6 is 0 Å². The molecule has 2 aliphatic rings. The predicted molar refractivity (Wildman–Crippen MR) is 91.1 cm³/mol. The number of allylic oxidation sites excluding steroid dienone is 1. The molecule has 0 aromatic heterocycles. The molecule has 0 fully saturated rings. The molecule has 1 aliphatic carbocycles. The summed E-state index contributed by atoms with van der Waals surface area (Å²) in [4.78, 5) is 14.5. The number of anilines is 1. The van der Waals surface area contributed by atoms with Crippen molar-refractivity contribution in [3.05, 3.63) is 41.5 Å². The third-order valence-corrected chi connectivity index (χ3v) is 4.82. The second-order valence-corrected chi connectivity index (χ2v) is 6.52. The van der Waals surface area contributed by atoms with Gasteiger partial charge in [-0.05, 0) is 57.1 Å². The minimum atomic E-state index is 0.139. The first-order valence-corrected chi connectivity index (χ1v) is 8.53. The first kappa shape index (κ1) is 15.1. The molecule has 3 heteroatoms. The van der Waals surface area contributed by atoms with E-state index >= 15 is 0 Å². The predicted octanol–water partition coefficient (Wildman–Crippen LogP) is 3.44. The highest BCUT2D eigenvalue weighted by molar-refractivity contribution is 5.82. The lowest BCUT2D eigenvalue weighted by atomic mass is 9.97. The van der Waals surface area contributed by atoms with Gasteiger partial charge in [0.05, 0.1) is 6.54 Å². The van der Waals surface area contributed by atoms with Crippen LogP contribution in [-0.4, -0.2) is 25.0 Å². The average molecular weight is 298 g/mol. The van der Waals surface area contributed by atoms with Crippen LogP contribution in [-0.2, 0) is 11.2 Å². The third-order valence-electron chi connectivity index (χ3n) is 4.82. The van der Waals surface area contributed by atoms with E-state index in [0.717, 1.165) is 19.4 Å². The molecule has 3 rings (SSSR count). The fourth-order valence-electron chi connectivity index (χ4n) is 3.58. The quantitative estimate of drug-likeness (QED) is 0.845. The summed E-state index contributed by atoms with van der Waals surface area (Å²) in [6, 6.07) is 8.83. The molecule has 1 heterocycles. The molecule has 0 saturated carbocycles. The van der Waals surface area contributed by atoms with Gasteiger partial charge >= 0.3 is 0 Å². The van der Waals surface area contributed by atoms with Crippen molar-refractivity contribution in [2.45, 2.75) is 51.5 Å². The zero-order chi connectivity index (χ0) is 15.4. The molecule has 1 N–H and O–H groups in total. The zero-order valence-electron chi connectivity index (χ0n) is 13.5. The van der Waals surface area contributed by atoms with Crippen LogP contribution in [0.5, 0.6) is 0 Å². The molecule has 118 valence electrons. The van der Waals surface area contributed by atoms with E-state index in [4.69, 9.17) is 0 Å². The third kappa shape index (κ3) is 3.52. The van der Waals surface area contributed by atoms with Crippen molar-refractivity contribution in [1.82, 2.24) is 5.32 Å². The highest BCUT2D eigenvalue weighted by atomic mass is 16.2. The number of amides is 1. The standard InChI is InChI=1S/C19H26N2O/c1-15-13-17-9-5-6-10-18(17)21(15)14-19(22)20-12-11-16-7-3-2-4-8-16/h5-7,9-10,15H,2-4,8,11-14H2,1H3,(H,20,22). The Labute approximate surface area is 133 Å². The fourth-order valence-corrected chi connectivity index (χ4v) is 3.58. The summed E-state index contributed by atoms with van der Waals surface area (Å²) in [6.07, 6.45) is 9.46. The highest BCUT2D eigenvalue weighted by Crippen LogP contribution is 2.31. The van der Waals surface area contributed by atoms with Crippen LogP contribution < -0.4 is 10.2 Å². The topological polar surface area (TPSA) is 32.3 Å². The molecule has 0 spiro atoms. The summed E-state index contributed by atoms with van der Waals surface area (Å²) < 4.78 is 0. The molecule has 1 aromatic carbocycles. The van der Waals surface area contributed by atoms with Crippen molar-refractivity contribution in [2.24, 2.45) is 0 Å². The second-order valence-electron chi connectivity index (χ2n) is 6.52. The molecule has 1 aliphatic heterocycles. The lowest BCUT2D eigenvalue weighted by molar-refractivity contribution is -0.119. The smallest absolute Gasteiger partial charge is 0.239 e. The maximum Gasteiger partial charge on any atom is 0.239 e. The van der Waals surface area contributed by atoms with Gasteiger partial charge < -0.3 is 10.2 Å². The molecular formula is C19H26N2O. The molecule has 1 unspecified atom stereocenters. The molecule has 1 aromatic rings. The molecule has 0 radical (unpaired) electrons. The molecule has 3 nitrogen and oxygen atoms in total. The van der Waals surface area contributed by atoms with E-state index < -0.39 is 0 Å². The first-order valence-electron chi connectivity index (χ1n) is 8.53. The second kappa shape index (κ2) is 6.99. The van der Waals surface area contributed by atoms with Gasteiger partial charge in [-0.25, -0.2) is 0 Å². The van der Waals surface area contributed by atoms with Gasteiger partial charge in [0, 0.05) is 18.3 Å². The summed E-state index contributed by atoms with van der Waals surface area (Å²) in [5.74, 6) is 0.139. The fraction of sp³-hybridized carbons (Fsp3) is 0.526. The zero-order valence-corrected chi connectivity index (χ0v) is 13.5. The van der Waals surface area contributed by atoms with E-state index in [-0.39, 0.29) is 5.91 Å². The number of para-hydroxylation sites is 1. The highest BCUT2D eigenvalue weighted by Gasteiger charge is 2.26. The van der Waals surface area contributed by atoms with E-state index in [1.54, 1.807) is 0 Å². The largest absolute Gasteiger partial charge is 0.359 e. The Morgan fingerprint density at radius 3 is 3.00 bits per heavy atom. The molecule has 0 bridgehead atoms. The Hall–Kier alpha value is -1.77. The van der Waals surface area contributed by atoms with Gasteiger partial charge in [-0.15, -0.1) is 0 Å². The van der Waals surface area contributed by atoms with Gasteiger partial charge in [0.15, 0.2) is 0 Å². The number of hydrogen-bond donors (Lipinski definition) is 1. The van der Waals surface area contributed by atoms with E-state index in [1.165, 1.54) is 42.5 Å². The molecule has 1 amide bonds. The van der Waals surface area contributed by atoms with Crippen molar-refractivity contribution in [1.29, 1.82) is 0 Å². The number of hydrogen-bond acceptors (Lipinski definition) is 2. The van der Waals surface area contributed by atoms with Crippen LogP contribution in [0.25, 0.3) is 0 Å². The summed E-state index contributed by atoms with van der Waals surface area (Å²) in [6.45, 7) is 3.44. The van der Waals surface area contributed by atoms with Crippen molar-refractivity contribution in [2.75, 3.05) is 18.0 Å². The Balaban J connectivity index is 1.48. The summed E-state index contributed by atoms with van der Waals surface area (Å²) in [5.41, 5.74) is 4.10. The maximum atomic E-state index is 12.2. The van der Waals surface area contributed by atoms with Crippen molar-refractivity contribution in [3.63, 3.8) is 0 Å². The SMILES string of the molecule is CC1Cc2ccccc2N1CC(=O)NCCC1=CCCCC1. The van der Waals surface area contributed by atoms with Crippen LogP contribution in [0.15, 0.2) is 35.9 Å². The Morgan fingerprint density at radius 1 is 1.32 bits per heavy atom. The summed E-state index contributed by atoms with van der Waals surface area (Å²) >= 11 is 0. The minimum absolute atomic E-state index is 0.139. The number of carbonyl (C=O) groups excluding carboxylic acids is 1. The number of rotatable bonds is 5. The normalized spacial score (nSPS) is 20.5. The van der Waals surface area contributed by atoms with Crippen molar-refractivity contribution >= 4 is 11.6 Å². The van der Waals surface area contributed by atoms with Crippen molar-refractivity contribution < 1.29 is 4.79 Å². The molecular weight excluding hydrogens is 272 g/mol. The van der Waals surface area contributed by atoms with Crippen LogP contribution in [0.4, 0.5) is 5.69 Å². The maximum absolute atomic E-state index is 12.2. The minimum Gasteiger partial charge on any atom is -0.359 e. The number of benzene rings is 1. The lowest BCUT2D eigenvalue weighted by Gasteiger charge is -2.24. The van der Waals surface area contributed by atoms with Gasteiger partial charge in [-0.1, -0.05) is 29.8 Å². The van der Waals surface area contributed by atoms with Gasteiger partial charge in [0.25, 0.3) is 0 Å². The number of nitrogens with one attached hydrogen (secondary N) is 1. The van der Waals surface area contributed by atoms with Crippen LogP contribution in [0.1, 0.15) is 44.6 Å². The Bertz CT molecular complexity index is 564. The first-order chi connectivity index (χ1) is 10.7. The summed E-state index contributed by atoms with van der Waals surface area (Å²) in [5, 5.41) is 3.09. The molecule has 0 saturated heterocycles. The Morgan fingerprint density at radius 2 is 2.18 bits per heavy atom.